The molecule has 1 aliphatic rings. The molecule has 2 N–H and O–H groups in total. The number of carbonyl (C=O) groups is 1. The first-order valence-electron chi connectivity index (χ1n) is 6.26. The van der Waals surface area contributed by atoms with Gasteiger partial charge < -0.3 is 9.72 Å². The van der Waals surface area contributed by atoms with Gasteiger partial charge in [-0.2, -0.15) is 0 Å². The predicted molar refractivity (Wildman–Crippen MR) is 68.9 cm³/mol. The van der Waals surface area contributed by atoms with Crippen LogP contribution in [0.1, 0.15) is 25.7 Å². The van der Waals surface area contributed by atoms with Gasteiger partial charge in [0.25, 0.3) is 0 Å². The lowest BCUT2D eigenvalue weighted by Crippen LogP contribution is -2.38. The van der Waals surface area contributed by atoms with Crippen molar-refractivity contribution in [2.24, 2.45) is 5.92 Å². The van der Waals surface area contributed by atoms with Crippen molar-refractivity contribution in [3.63, 3.8) is 0 Å². The van der Waals surface area contributed by atoms with Crippen molar-refractivity contribution < 1.29 is 17.9 Å². The molecule has 7 heteroatoms. The van der Waals surface area contributed by atoms with E-state index in [2.05, 4.69) is 9.71 Å². The van der Waals surface area contributed by atoms with Gasteiger partial charge >= 0.3 is 5.97 Å². The van der Waals surface area contributed by atoms with E-state index in [-0.39, 0.29) is 22.8 Å². The van der Waals surface area contributed by atoms with Crippen LogP contribution in [0.15, 0.2) is 23.4 Å². The number of hydrogen-bond acceptors (Lipinski definition) is 4. The number of aromatic amines is 1. The standard InChI is InChI=1S/C12H18N2O4S/c1-18-12(15)9-2-4-10(5-3-9)14-19(16,17)11-6-7-13-8-11/h6-10,13-14H,2-5H2,1H3. The van der Waals surface area contributed by atoms with Gasteiger partial charge in [-0.3, -0.25) is 4.79 Å². The summed E-state index contributed by atoms with van der Waals surface area (Å²) < 4.78 is 31.4. The molecule has 0 amide bonds. The third-order valence-electron chi connectivity index (χ3n) is 3.46. The molecule has 2 rings (SSSR count). The molecular formula is C12H18N2O4S. The SMILES string of the molecule is COC(=O)C1CCC(NS(=O)(=O)c2cc[nH]c2)CC1. The van der Waals surface area contributed by atoms with Gasteiger partial charge in [-0.25, -0.2) is 13.1 Å². The van der Waals surface area contributed by atoms with Gasteiger partial charge in [0.1, 0.15) is 0 Å². The lowest BCUT2D eigenvalue weighted by Gasteiger charge is -2.27. The number of nitrogens with one attached hydrogen (secondary N) is 2. The van der Waals surface area contributed by atoms with Crippen molar-refractivity contribution in [1.29, 1.82) is 0 Å². The molecule has 19 heavy (non-hydrogen) atoms. The molecule has 0 saturated heterocycles. The molecule has 1 heterocycles. The van der Waals surface area contributed by atoms with Crippen LogP contribution in [0.4, 0.5) is 0 Å². The topological polar surface area (TPSA) is 88.3 Å². The first-order chi connectivity index (χ1) is 9.03. The number of esters is 1. The molecule has 0 atom stereocenters. The van der Waals surface area contributed by atoms with Crippen LogP contribution in [-0.2, 0) is 19.6 Å². The largest absolute Gasteiger partial charge is 0.469 e. The molecule has 0 unspecified atom stereocenters. The second-order valence-corrected chi connectivity index (χ2v) is 6.45. The summed E-state index contributed by atoms with van der Waals surface area (Å²) in [7, 11) is -2.08. The average molecular weight is 286 g/mol. The molecule has 106 valence electrons. The lowest BCUT2D eigenvalue weighted by atomic mass is 9.86. The van der Waals surface area contributed by atoms with Crippen LogP contribution in [0.2, 0.25) is 0 Å². The zero-order valence-corrected chi connectivity index (χ0v) is 11.6. The molecule has 1 fully saturated rings. The summed E-state index contributed by atoms with van der Waals surface area (Å²) in [5.41, 5.74) is 0. The highest BCUT2D eigenvalue weighted by atomic mass is 32.2. The van der Waals surface area contributed by atoms with Crippen molar-refractivity contribution in [3.05, 3.63) is 18.5 Å². The predicted octanol–water partition coefficient (Wildman–Crippen LogP) is 1.02. The molecular weight excluding hydrogens is 268 g/mol. The van der Waals surface area contributed by atoms with Crippen molar-refractivity contribution in [1.82, 2.24) is 9.71 Å². The Hall–Kier alpha value is -1.34. The average Bonchev–Trinajstić information content (AvgIpc) is 2.93. The molecule has 0 radical (unpaired) electrons. The van der Waals surface area contributed by atoms with E-state index in [1.165, 1.54) is 19.4 Å². The van der Waals surface area contributed by atoms with E-state index >= 15 is 0 Å². The third-order valence-corrected chi connectivity index (χ3v) is 4.98. The van der Waals surface area contributed by atoms with E-state index in [0.29, 0.717) is 25.7 Å². The molecule has 1 aliphatic carbocycles. The quantitative estimate of drug-likeness (QED) is 0.809. The minimum Gasteiger partial charge on any atom is -0.469 e. The highest BCUT2D eigenvalue weighted by Gasteiger charge is 2.29. The summed E-state index contributed by atoms with van der Waals surface area (Å²) in [4.78, 5) is 14.3. The number of methoxy groups -OCH3 is 1. The Morgan fingerprint density at radius 2 is 2.05 bits per heavy atom. The van der Waals surface area contributed by atoms with Gasteiger partial charge in [0.2, 0.25) is 10.0 Å². The van der Waals surface area contributed by atoms with Gasteiger partial charge in [0, 0.05) is 18.4 Å². The highest BCUT2D eigenvalue weighted by molar-refractivity contribution is 7.89. The lowest BCUT2D eigenvalue weighted by molar-refractivity contribution is -0.146. The highest BCUT2D eigenvalue weighted by Crippen LogP contribution is 2.26. The fourth-order valence-electron chi connectivity index (χ4n) is 2.38. The van der Waals surface area contributed by atoms with Crippen molar-refractivity contribution in [3.8, 4) is 0 Å². The molecule has 6 nitrogen and oxygen atoms in total. The first kappa shape index (κ1) is 14.1. The number of H-pyrrole nitrogens is 1. The van der Waals surface area contributed by atoms with E-state index in [9.17, 15) is 13.2 Å². The van der Waals surface area contributed by atoms with Gasteiger partial charge in [0.15, 0.2) is 0 Å². The Kier molecular flexibility index (Phi) is 4.26. The summed E-state index contributed by atoms with van der Waals surface area (Å²) in [6.07, 6.45) is 5.65. The van der Waals surface area contributed by atoms with Crippen LogP contribution in [0.5, 0.6) is 0 Å². The molecule has 0 spiro atoms. The Bertz CT molecular complexity index is 516. The smallest absolute Gasteiger partial charge is 0.308 e. The summed E-state index contributed by atoms with van der Waals surface area (Å²) in [6.45, 7) is 0. The van der Waals surface area contributed by atoms with Crippen LogP contribution >= 0.6 is 0 Å². The molecule has 1 saturated carbocycles. The van der Waals surface area contributed by atoms with Crippen molar-refractivity contribution >= 4 is 16.0 Å². The number of ether oxygens (including phenoxy) is 1. The molecule has 0 aromatic carbocycles. The maximum absolute atomic E-state index is 12.0. The van der Waals surface area contributed by atoms with E-state index < -0.39 is 10.0 Å². The fraction of sp³-hybridized carbons (Fsp3) is 0.583. The van der Waals surface area contributed by atoms with Crippen LogP contribution in [0.25, 0.3) is 0 Å². The Labute approximate surface area is 112 Å². The number of carbonyl (C=O) groups excluding carboxylic acids is 1. The Morgan fingerprint density at radius 1 is 1.37 bits per heavy atom. The van der Waals surface area contributed by atoms with E-state index in [0.717, 1.165) is 0 Å². The van der Waals surface area contributed by atoms with Gasteiger partial charge in [-0.05, 0) is 31.7 Å². The van der Waals surface area contributed by atoms with Crippen LogP contribution in [0.3, 0.4) is 0 Å². The van der Waals surface area contributed by atoms with Gasteiger partial charge in [0.05, 0.1) is 17.9 Å². The Morgan fingerprint density at radius 3 is 2.58 bits per heavy atom. The number of rotatable bonds is 4. The first-order valence-corrected chi connectivity index (χ1v) is 7.74. The molecule has 1 aromatic rings. The van der Waals surface area contributed by atoms with Gasteiger partial charge in [-0.1, -0.05) is 0 Å². The van der Waals surface area contributed by atoms with Crippen LogP contribution < -0.4 is 4.72 Å². The second-order valence-electron chi connectivity index (χ2n) is 4.74. The minimum absolute atomic E-state index is 0.0991. The van der Waals surface area contributed by atoms with Crippen LogP contribution in [-0.4, -0.2) is 32.5 Å². The number of hydrogen-bond donors (Lipinski definition) is 2. The zero-order valence-electron chi connectivity index (χ0n) is 10.8. The molecule has 1 aromatic heterocycles. The Balaban J connectivity index is 1.91. The van der Waals surface area contributed by atoms with E-state index in [1.54, 1.807) is 6.20 Å². The molecule has 0 aliphatic heterocycles. The maximum atomic E-state index is 12.0. The summed E-state index contributed by atoms with van der Waals surface area (Å²) >= 11 is 0. The fourth-order valence-corrected chi connectivity index (χ4v) is 3.66. The maximum Gasteiger partial charge on any atom is 0.308 e. The van der Waals surface area contributed by atoms with Gasteiger partial charge in [-0.15, -0.1) is 0 Å². The number of sulfonamides is 1. The van der Waals surface area contributed by atoms with Crippen LogP contribution in [0, 0.1) is 5.92 Å². The second kappa shape index (κ2) is 5.75. The van der Waals surface area contributed by atoms with E-state index in [4.69, 9.17) is 4.74 Å². The van der Waals surface area contributed by atoms with E-state index in [1.807, 2.05) is 0 Å². The normalized spacial score (nSPS) is 24.1. The minimum atomic E-state index is -3.46. The third kappa shape index (κ3) is 3.36. The molecule has 0 bridgehead atoms. The van der Waals surface area contributed by atoms with Crippen molar-refractivity contribution in [2.45, 2.75) is 36.6 Å². The van der Waals surface area contributed by atoms with Crippen molar-refractivity contribution in [2.75, 3.05) is 7.11 Å². The summed E-state index contributed by atoms with van der Waals surface area (Å²) in [6, 6.07) is 1.41. The monoisotopic (exact) mass is 286 g/mol. The summed E-state index contributed by atoms with van der Waals surface area (Å²) in [5, 5.41) is 0. The summed E-state index contributed by atoms with van der Waals surface area (Å²) in [5.74, 6) is -0.301. The zero-order chi connectivity index (χ0) is 13.9. The number of aromatic nitrogens is 1.